The summed E-state index contributed by atoms with van der Waals surface area (Å²) in [7, 11) is 0. The smallest absolute Gasteiger partial charge is 0.333 e. The van der Waals surface area contributed by atoms with Gasteiger partial charge in [0.05, 0.1) is 0 Å². The zero-order chi connectivity index (χ0) is 23.0. The van der Waals surface area contributed by atoms with Crippen LogP contribution in [0.15, 0.2) is 34.9 Å². The third kappa shape index (κ3) is 8.17. The van der Waals surface area contributed by atoms with Crippen molar-refractivity contribution in [3.05, 3.63) is 34.9 Å². The summed E-state index contributed by atoms with van der Waals surface area (Å²) in [6, 6.07) is 0. The first-order chi connectivity index (χ1) is 13.9. The zero-order valence-corrected chi connectivity index (χ0v) is 19.5. The van der Waals surface area contributed by atoms with E-state index in [1.165, 1.54) is 13.8 Å². The second kappa shape index (κ2) is 11.7. The van der Waals surface area contributed by atoms with Gasteiger partial charge in [0, 0.05) is 25.3 Å². The van der Waals surface area contributed by atoms with Crippen molar-refractivity contribution in [3.8, 4) is 0 Å². The molecule has 5 unspecified atom stereocenters. The van der Waals surface area contributed by atoms with E-state index in [0.29, 0.717) is 18.4 Å². The van der Waals surface area contributed by atoms with E-state index in [0.717, 1.165) is 11.1 Å². The quantitative estimate of drug-likeness (QED) is 0.245. The van der Waals surface area contributed by atoms with Crippen molar-refractivity contribution in [2.24, 2.45) is 11.8 Å². The fourth-order valence-corrected chi connectivity index (χ4v) is 3.69. The average Bonchev–Trinajstić information content (AvgIpc) is 2.61. The number of hydrogen-bond acceptors (Lipinski definition) is 6. The first-order valence-electron chi connectivity index (χ1n) is 10.5. The van der Waals surface area contributed by atoms with E-state index in [2.05, 4.69) is 0 Å². The fourth-order valence-electron chi connectivity index (χ4n) is 3.69. The Morgan fingerprint density at radius 1 is 1.10 bits per heavy atom. The maximum atomic E-state index is 12.4. The van der Waals surface area contributed by atoms with E-state index in [1.54, 1.807) is 19.9 Å². The molecule has 0 heterocycles. The Bertz CT molecular complexity index is 726. The molecule has 0 aromatic rings. The highest BCUT2D eigenvalue weighted by Gasteiger charge is 2.37. The molecule has 0 aliphatic heterocycles. The van der Waals surface area contributed by atoms with Gasteiger partial charge >= 0.3 is 17.9 Å². The summed E-state index contributed by atoms with van der Waals surface area (Å²) in [6.45, 7) is 14.1. The number of esters is 3. The van der Waals surface area contributed by atoms with Gasteiger partial charge in [-0.05, 0) is 71.1 Å². The van der Waals surface area contributed by atoms with Crippen LogP contribution in [0.25, 0.3) is 0 Å². The molecule has 1 aliphatic rings. The molecule has 0 bridgehead atoms. The van der Waals surface area contributed by atoms with E-state index >= 15 is 0 Å². The first-order valence-corrected chi connectivity index (χ1v) is 10.5. The Labute approximate surface area is 180 Å². The highest BCUT2D eigenvalue weighted by Crippen LogP contribution is 2.36. The average molecular weight is 421 g/mol. The van der Waals surface area contributed by atoms with Gasteiger partial charge in [0.2, 0.25) is 0 Å². The number of rotatable bonds is 8. The molecule has 0 spiro atoms. The molecule has 1 rings (SSSR count). The first kappa shape index (κ1) is 25.7. The summed E-state index contributed by atoms with van der Waals surface area (Å²) in [5, 5.41) is 0. The van der Waals surface area contributed by atoms with Crippen molar-refractivity contribution in [2.75, 3.05) is 0 Å². The van der Waals surface area contributed by atoms with Crippen LogP contribution in [0.5, 0.6) is 0 Å². The van der Waals surface area contributed by atoms with Crippen LogP contribution in [0.2, 0.25) is 0 Å². The van der Waals surface area contributed by atoms with Crippen molar-refractivity contribution >= 4 is 17.9 Å². The summed E-state index contributed by atoms with van der Waals surface area (Å²) in [5.41, 5.74) is 2.46. The summed E-state index contributed by atoms with van der Waals surface area (Å²) in [5.74, 6) is -1.10. The minimum atomic E-state index is -0.445. The minimum absolute atomic E-state index is 0.0380. The maximum Gasteiger partial charge on any atom is 0.333 e. The standard InChI is InChI=1S/C24H36O6/c1-9-15(4)24(27)30-23-12-17(6)22(29-19(8)26)13-21(23)16(5)11-20(10-14(2)3)28-18(7)25/h9-10,12,16,20-23H,11,13H2,1-8H3. The lowest BCUT2D eigenvalue weighted by atomic mass is 9.76. The lowest BCUT2D eigenvalue weighted by Gasteiger charge is -2.37. The van der Waals surface area contributed by atoms with Gasteiger partial charge in [-0.1, -0.05) is 18.6 Å². The molecule has 1 aliphatic carbocycles. The predicted octanol–water partition coefficient (Wildman–Crippen LogP) is 4.69. The molecule has 0 fully saturated rings. The molecular weight excluding hydrogens is 384 g/mol. The molecule has 0 aromatic heterocycles. The van der Waals surface area contributed by atoms with E-state index < -0.39 is 6.10 Å². The Morgan fingerprint density at radius 3 is 2.23 bits per heavy atom. The highest BCUT2D eigenvalue weighted by atomic mass is 16.6. The van der Waals surface area contributed by atoms with Gasteiger partial charge in [0.1, 0.15) is 18.3 Å². The van der Waals surface area contributed by atoms with Crippen LogP contribution in [0.4, 0.5) is 0 Å². The molecule has 0 radical (unpaired) electrons. The van der Waals surface area contributed by atoms with E-state index in [9.17, 15) is 14.4 Å². The van der Waals surface area contributed by atoms with Crippen molar-refractivity contribution in [1.29, 1.82) is 0 Å². The molecule has 6 heteroatoms. The van der Waals surface area contributed by atoms with E-state index in [-0.39, 0.29) is 42.0 Å². The summed E-state index contributed by atoms with van der Waals surface area (Å²) < 4.78 is 16.8. The van der Waals surface area contributed by atoms with Crippen LogP contribution in [-0.2, 0) is 28.6 Å². The van der Waals surface area contributed by atoms with E-state index in [4.69, 9.17) is 14.2 Å². The molecule has 168 valence electrons. The second-order valence-electron chi connectivity index (χ2n) is 8.35. The molecule has 0 N–H and O–H groups in total. The Morgan fingerprint density at radius 2 is 1.73 bits per heavy atom. The van der Waals surface area contributed by atoms with Crippen LogP contribution in [-0.4, -0.2) is 36.2 Å². The number of carbonyl (C=O) groups excluding carboxylic acids is 3. The molecule has 0 saturated heterocycles. The summed E-state index contributed by atoms with van der Waals surface area (Å²) in [4.78, 5) is 35.5. The normalized spacial score (nSPS) is 23.5. The topological polar surface area (TPSA) is 78.9 Å². The molecule has 0 aromatic carbocycles. The lowest BCUT2D eigenvalue weighted by molar-refractivity contribution is -0.152. The second-order valence-corrected chi connectivity index (χ2v) is 8.35. The predicted molar refractivity (Wildman–Crippen MR) is 115 cm³/mol. The molecule has 6 nitrogen and oxygen atoms in total. The number of ether oxygens (including phenoxy) is 3. The van der Waals surface area contributed by atoms with Gasteiger partial charge in [-0.2, -0.15) is 0 Å². The minimum Gasteiger partial charge on any atom is -0.458 e. The van der Waals surface area contributed by atoms with Gasteiger partial charge in [-0.15, -0.1) is 0 Å². The highest BCUT2D eigenvalue weighted by molar-refractivity contribution is 5.87. The van der Waals surface area contributed by atoms with Gasteiger partial charge in [-0.3, -0.25) is 9.59 Å². The zero-order valence-electron chi connectivity index (χ0n) is 19.5. The molecule has 0 amide bonds. The maximum absolute atomic E-state index is 12.4. The summed E-state index contributed by atoms with van der Waals surface area (Å²) in [6.07, 6.45) is 5.46. The number of allylic oxidation sites excluding steroid dienone is 2. The SMILES string of the molecule is CC=C(C)C(=O)OC1C=C(C)C(OC(C)=O)CC1C(C)CC(C=C(C)C)OC(C)=O. The number of hydrogen-bond donors (Lipinski definition) is 0. The van der Waals surface area contributed by atoms with Crippen LogP contribution >= 0.6 is 0 Å². The van der Waals surface area contributed by atoms with Crippen LogP contribution < -0.4 is 0 Å². The van der Waals surface area contributed by atoms with E-state index in [1.807, 2.05) is 39.8 Å². The van der Waals surface area contributed by atoms with Gasteiger partial charge in [0.25, 0.3) is 0 Å². The van der Waals surface area contributed by atoms with Crippen molar-refractivity contribution < 1.29 is 28.6 Å². The lowest BCUT2D eigenvalue weighted by Crippen LogP contribution is -2.39. The van der Waals surface area contributed by atoms with Crippen LogP contribution in [0.1, 0.15) is 68.2 Å². The van der Waals surface area contributed by atoms with Gasteiger partial charge in [0.15, 0.2) is 0 Å². The summed E-state index contributed by atoms with van der Waals surface area (Å²) >= 11 is 0. The van der Waals surface area contributed by atoms with Crippen LogP contribution in [0, 0.1) is 11.8 Å². The molecular formula is C24H36O6. The monoisotopic (exact) mass is 420 g/mol. The molecule has 5 atom stereocenters. The third-order valence-electron chi connectivity index (χ3n) is 5.32. The third-order valence-corrected chi connectivity index (χ3v) is 5.32. The fraction of sp³-hybridized carbons (Fsp3) is 0.625. The van der Waals surface area contributed by atoms with Crippen molar-refractivity contribution in [3.63, 3.8) is 0 Å². The van der Waals surface area contributed by atoms with Crippen molar-refractivity contribution in [2.45, 2.75) is 86.5 Å². The van der Waals surface area contributed by atoms with Gasteiger partial charge < -0.3 is 14.2 Å². The largest absolute Gasteiger partial charge is 0.458 e. The Kier molecular flexibility index (Phi) is 10.0. The Hall–Kier alpha value is -2.37. The van der Waals surface area contributed by atoms with Crippen molar-refractivity contribution in [1.82, 2.24) is 0 Å². The molecule has 30 heavy (non-hydrogen) atoms. The molecule has 0 saturated carbocycles. The Balaban J connectivity index is 3.15. The van der Waals surface area contributed by atoms with Crippen LogP contribution in [0.3, 0.4) is 0 Å². The number of carbonyl (C=O) groups is 3. The van der Waals surface area contributed by atoms with Gasteiger partial charge in [-0.25, -0.2) is 4.79 Å².